The van der Waals surface area contributed by atoms with Crippen LogP contribution >= 0.6 is 0 Å². The highest BCUT2D eigenvalue weighted by Gasteiger charge is 2.28. The van der Waals surface area contributed by atoms with E-state index in [-0.39, 0.29) is 12.5 Å². The van der Waals surface area contributed by atoms with Gasteiger partial charge >= 0.3 is 0 Å². The van der Waals surface area contributed by atoms with E-state index < -0.39 is 0 Å². The van der Waals surface area contributed by atoms with Crippen molar-refractivity contribution in [3.63, 3.8) is 0 Å². The van der Waals surface area contributed by atoms with Gasteiger partial charge in [0.1, 0.15) is 6.61 Å². The van der Waals surface area contributed by atoms with Gasteiger partial charge < -0.3 is 10.0 Å². The van der Waals surface area contributed by atoms with Crippen LogP contribution in [0.4, 0.5) is 0 Å². The first-order valence-corrected chi connectivity index (χ1v) is 7.45. The van der Waals surface area contributed by atoms with Crippen molar-refractivity contribution in [1.82, 2.24) is 9.88 Å². The lowest BCUT2D eigenvalue weighted by molar-refractivity contribution is 0.0628. The average Bonchev–Trinajstić information content (AvgIpc) is 2.52. The zero-order chi connectivity index (χ0) is 15.2. The number of nitrogens with zero attached hydrogens (tertiary/aromatic N) is 2. The summed E-state index contributed by atoms with van der Waals surface area (Å²) in [5.74, 6) is 5.89. The maximum Gasteiger partial charge on any atom is 0.255 e. The molecule has 0 saturated heterocycles. The van der Waals surface area contributed by atoms with Gasteiger partial charge in [0.05, 0.1) is 5.56 Å². The Morgan fingerprint density at radius 3 is 2.90 bits per heavy atom. The summed E-state index contributed by atoms with van der Waals surface area (Å²) in [6.07, 6.45) is 7.88. The molecule has 0 radical (unpaired) electrons. The molecule has 112 valence electrons. The molecule has 0 aromatic carbocycles. The van der Waals surface area contributed by atoms with Crippen LogP contribution in [0.1, 0.15) is 48.5 Å². The van der Waals surface area contributed by atoms with E-state index in [0.29, 0.717) is 23.1 Å². The fourth-order valence-corrected chi connectivity index (χ4v) is 2.99. The molecule has 2 rings (SSSR count). The van der Waals surface area contributed by atoms with Crippen LogP contribution in [0.3, 0.4) is 0 Å². The van der Waals surface area contributed by atoms with Crippen molar-refractivity contribution in [1.29, 1.82) is 0 Å². The third-order valence-electron chi connectivity index (χ3n) is 4.18. The number of carbonyl (C=O) groups is 1. The minimum atomic E-state index is -0.197. The standard InChI is InChI=1S/C17H22N2O2/c1-13-6-3-4-8-16(13)19(2)17(21)15-10-14(7-5-9-20)11-18-12-15/h10-13,16,20H,3-4,6,8-9H2,1-2H3. The molecule has 2 atom stereocenters. The van der Waals surface area contributed by atoms with E-state index in [1.54, 1.807) is 18.5 Å². The minimum Gasteiger partial charge on any atom is -0.384 e. The summed E-state index contributed by atoms with van der Waals surface area (Å²) in [5.41, 5.74) is 1.21. The van der Waals surface area contributed by atoms with Crippen LogP contribution in [0.5, 0.6) is 0 Å². The first-order valence-electron chi connectivity index (χ1n) is 7.45. The topological polar surface area (TPSA) is 53.4 Å². The summed E-state index contributed by atoms with van der Waals surface area (Å²) in [6.45, 7) is 2.02. The van der Waals surface area contributed by atoms with Crippen molar-refractivity contribution in [3.8, 4) is 11.8 Å². The van der Waals surface area contributed by atoms with Crippen molar-refractivity contribution in [2.45, 2.75) is 38.6 Å². The second-order valence-corrected chi connectivity index (χ2v) is 5.67. The first kappa shape index (κ1) is 15.5. The lowest BCUT2D eigenvalue weighted by Crippen LogP contribution is -2.42. The molecule has 0 aliphatic heterocycles. The predicted octanol–water partition coefficient (Wildman–Crippen LogP) is 2.08. The molecule has 4 heteroatoms. The Morgan fingerprint density at radius 2 is 2.19 bits per heavy atom. The van der Waals surface area contributed by atoms with Crippen LogP contribution in [0.15, 0.2) is 18.5 Å². The Hall–Kier alpha value is -1.86. The van der Waals surface area contributed by atoms with Gasteiger partial charge in [-0.3, -0.25) is 9.78 Å². The van der Waals surface area contributed by atoms with E-state index in [0.717, 1.165) is 6.42 Å². The second-order valence-electron chi connectivity index (χ2n) is 5.67. The molecule has 1 saturated carbocycles. The number of rotatable bonds is 2. The first-order chi connectivity index (χ1) is 10.1. The highest BCUT2D eigenvalue weighted by Crippen LogP contribution is 2.28. The van der Waals surface area contributed by atoms with Crippen LogP contribution in [0.25, 0.3) is 0 Å². The third kappa shape index (κ3) is 3.83. The summed E-state index contributed by atoms with van der Waals surface area (Å²) in [4.78, 5) is 18.5. The Labute approximate surface area is 126 Å². The highest BCUT2D eigenvalue weighted by atomic mass is 16.2. The Morgan fingerprint density at radius 1 is 1.43 bits per heavy atom. The molecule has 1 fully saturated rings. The molecule has 1 aromatic heterocycles. The van der Waals surface area contributed by atoms with Gasteiger partial charge in [-0.25, -0.2) is 0 Å². The lowest BCUT2D eigenvalue weighted by atomic mass is 9.85. The number of aliphatic hydroxyl groups excluding tert-OH is 1. The molecule has 1 heterocycles. The van der Waals surface area contributed by atoms with Crippen molar-refractivity contribution < 1.29 is 9.90 Å². The number of pyridine rings is 1. The van der Waals surface area contributed by atoms with Crippen LogP contribution in [0.2, 0.25) is 0 Å². The summed E-state index contributed by atoms with van der Waals surface area (Å²) in [5, 5.41) is 8.72. The van der Waals surface area contributed by atoms with E-state index in [4.69, 9.17) is 5.11 Å². The van der Waals surface area contributed by atoms with Crippen LogP contribution in [-0.2, 0) is 0 Å². The van der Waals surface area contributed by atoms with Crippen molar-refractivity contribution in [2.24, 2.45) is 5.92 Å². The number of aromatic nitrogens is 1. The van der Waals surface area contributed by atoms with Gasteiger partial charge in [-0.1, -0.05) is 31.6 Å². The molecule has 1 aliphatic carbocycles. The highest BCUT2D eigenvalue weighted by molar-refractivity contribution is 5.94. The number of amides is 1. The molecule has 1 amide bonds. The second kappa shape index (κ2) is 7.24. The Bertz CT molecular complexity index is 559. The summed E-state index contributed by atoms with van der Waals surface area (Å²) >= 11 is 0. The molecule has 0 spiro atoms. The van der Waals surface area contributed by atoms with Gasteiger partial charge in [0.25, 0.3) is 5.91 Å². The maximum absolute atomic E-state index is 12.6. The van der Waals surface area contributed by atoms with E-state index in [1.807, 2.05) is 11.9 Å². The molecule has 0 bridgehead atoms. The largest absolute Gasteiger partial charge is 0.384 e. The number of carbonyl (C=O) groups excluding carboxylic acids is 1. The zero-order valence-electron chi connectivity index (χ0n) is 12.7. The number of aliphatic hydroxyl groups is 1. The van der Waals surface area contributed by atoms with Crippen LogP contribution in [0, 0.1) is 17.8 Å². The van der Waals surface area contributed by atoms with Crippen LogP contribution < -0.4 is 0 Å². The van der Waals surface area contributed by atoms with Gasteiger partial charge in [-0.15, -0.1) is 0 Å². The quantitative estimate of drug-likeness (QED) is 0.847. The van der Waals surface area contributed by atoms with Gasteiger partial charge in [0.2, 0.25) is 0 Å². The Balaban J connectivity index is 2.15. The molecule has 2 unspecified atom stereocenters. The monoisotopic (exact) mass is 286 g/mol. The van der Waals surface area contributed by atoms with E-state index in [9.17, 15) is 4.79 Å². The lowest BCUT2D eigenvalue weighted by Gasteiger charge is -2.36. The zero-order valence-corrected chi connectivity index (χ0v) is 12.7. The SMILES string of the molecule is CC1CCCCC1N(C)C(=O)c1cncc(C#CCO)c1. The molecule has 1 aromatic rings. The normalized spacial score (nSPS) is 21.3. The van der Waals surface area contributed by atoms with Gasteiger partial charge in [-0.05, 0) is 24.8 Å². The van der Waals surface area contributed by atoms with E-state index in [1.165, 1.54) is 19.3 Å². The van der Waals surface area contributed by atoms with Gasteiger partial charge in [0.15, 0.2) is 0 Å². The minimum absolute atomic E-state index is 0.00565. The summed E-state index contributed by atoms with van der Waals surface area (Å²) in [6, 6.07) is 2.04. The molecular weight excluding hydrogens is 264 g/mol. The summed E-state index contributed by atoms with van der Waals surface area (Å²) < 4.78 is 0. The fourth-order valence-electron chi connectivity index (χ4n) is 2.99. The molecule has 1 N–H and O–H groups in total. The van der Waals surface area contributed by atoms with Crippen molar-refractivity contribution in [3.05, 3.63) is 29.6 Å². The van der Waals surface area contributed by atoms with Crippen molar-refractivity contribution in [2.75, 3.05) is 13.7 Å². The summed E-state index contributed by atoms with van der Waals surface area (Å²) in [7, 11) is 1.88. The number of hydrogen-bond donors (Lipinski definition) is 1. The van der Waals surface area contributed by atoms with E-state index in [2.05, 4.69) is 23.7 Å². The average molecular weight is 286 g/mol. The van der Waals surface area contributed by atoms with Crippen LogP contribution in [-0.4, -0.2) is 40.6 Å². The number of hydrogen-bond acceptors (Lipinski definition) is 3. The van der Waals surface area contributed by atoms with E-state index >= 15 is 0 Å². The van der Waals surface area contributed by atoms with Gasteiger partial charge in [0, 0.05) is 31.0 Å². The predicted molar refractivity (Wildman–Crippen MR) is 81.7 cm³/mol. The Kier molecular flexibility index (Phi) is 5.35. The molecule has 1 aliphatic rings. The maximum atomic E-state index is 12.6. The third-order valence-corrected chi connectivity index (χ3v) is 4.18. The molecule has 4 nitrogen and oxygen atoms in total. The molecular formula is C17H22N2O2. The fraction of sp³-hybridized carbons (Fsp3) is 0.529. The van der Waals surface area contributed by atoms with Gasteiger partial charge in [-0.2, -0.15) is 0 Å². The smallest absolute Gasteiger partial charge is 0.255 e. The van der Waals surface area contributed by atoms with Crippen molar-refractivity contribution >= 4 is 5.91 Å². The molecule has 21 heavy (non-hydrogen) atoms.